The van der Waals surface area contributed by atoms with Gasteiger partial charge in [0.15, 0.2) is 0 Å². The second kappa shape index (κ2) is 11.7. The maximum absolute atomic E-state index is 14.6. The van der Waals surface area contributed by atoms with Gasteiger partial charge in [-0.05, 0) is 30.3 Å². The molecule has 0 spiro atoms. The second-order valence-electron chi connectivity index (χ2n) is 8.46. The molecule has 208 valence electrons. The van der Waals surface area contributed by atoms with Gasteiger partial charge in [-0.1, -0.05) is 23.7 Å². The van der Waals surface area contributed by atoms with E-state index in [-0.39, 0.29) is 40.6 Å². The van der Waals surface area contributed by atoms with E-state index >= 15 is 0 Å². The predicted molar refractivity (Wildman–Crippen MR) is 147 cm³/mol. The van der Waals surface area contributed by atoms with Crippen LogP contribution in [0.3, 0.4) is 0 Å². The Kier molecular flexibility index (Phi) is 7.90. The highest BCUT2D eigenvalue weighted by Crippen LogP contribution is 2.27. The number of benzene rings is 1. The number of hydrogen-bond acceptors (Lipinski definition) is 10. The molecule has 1 aromatic carbocycles. The Morgan fingerprint density at radius 3 is 2.63 bits per heavy atom. The number of nitrogens with zero attached hydrogens (tertiary/aromatic N) is 4. The minimum absolute atomic E-state index is 0.0928. The van der Waals surface area contributed by atoms with E-state index < -0.39 is 35.6 Å². The fourth-order valence-corrected chi connectivity index (χ4v) is 4.99. The van der Waals surface area contributed by atoms with Crippen molar-refractivity contribution in [3.63, 3.8) is 0 Å². The summed E-state index contributed by atoms with van der Waals surface area (Å²) in [7, 11) is 1.14. The van der Waals surface area contributed by atoms with Crippen molar-refractivity contribution in [1.29, 1.82) is 0 Å². The Labute approximate surface area is 239 Å². The molecule has 0 fully saturated rings. The number of rotatable bonds is 9. The molecule has 1 N–H and O–H groups in total. The Bertz CT molecular complexity index is 1830. The molecule has 0 unspecified atom stereocenters. The quantitative estimate of drug-likeness (QED) is 0.192. The average Bonchev–Trinajstić information content (AvgIpc) is 3.74. The van der Waals surface area contributed by atoms with Crippen molar-refractivity contribution >= 4 is 46.4 Å². The van der Waals surface area contributed by atoms with Crippen LogP contribution < -0.4 is 10.9 Å². The molecule has 4 aromatic heterocycles. The number of aromatic nitrogens is 4. The van der Waals surface area contributed by atoms with Crippen molar-refractivity contribution in [1.82, 2.24) is 19.3 Å². The molecule has 0 aliphatic heterocycles. The van der Waals surface area contributed by atoms with Gasteiger partial charge < -0.3 is 19.0 Å². The maximum atomic E-state index is 14.6. The molecule has 14 heteroatoms. The molecular formula is C27H19ClFN5O6S. The topological polar surface area (TPSA) is 138 Å². The summed E-state index contributed by atoms with van der Waals surface area (Å²) in [5.74, 6) is -3.12. The van der Waals surface area contributed by atoms with Crippen LogP contribution in [0.25, 0.3) is 11.3 Å². The molecule has 0 radical (unpaired) electrons. The van der Waals surface area contributed by atoms with E-state index in [0.717, 1.165) is 27.3 Å². The van der Waals surface area contributed by atoms with Crippen LogP contribution >= 0.6 is 22.9 Å². The van der Waals surface area contributed by atoms with Crippen molar-refractivity contribution in [2.24, 2.45) is 0 Å². The molecule has 5 aromatic rings. The smallest absolute Gasteiger partial charge is 0.338 e. The number of pyridine rings is 1. The Hall–Kier alpha value is -4.88. The van der Waals surface area contributed by atoms with Crippen LogP contribution in [0, 0.1) is 5.82 Å². The van der Waals surface area contributed by atoms with Crippen LogP contribution in [-0.2, 0) is 17.8 Å². The summed E-state index contributed by atoms with van der Waals surface area (Å²) in [5, 5.41) is 7.36. The van der Waals surface area contributed by atoms with Gasteiger partial charge in [0.2, 0.25) is 5.78 Å². The first-order valence-corrected chi connectivity index (χ1v) is 13.1. The van der Waals surface area contributed by atoms with E-state index in [1.165, 1.54) is 60.3 Å². The van der Waals surface area contributed by atoms with Crippen molar-refractivity contribution in [3.8, 4) is 11.3 Å². The molecule has 0 saturated heterocycles. The van der Waals surface area contributed by atoms with Crippen molar-refractivity contribution < 1.29 is 27.9 Å². The number of ether oxygens (including phenoxy) is 1. The first kappa shape index (κ1) is 27.7. The number of hydrogen-bond donors (Lipinski definition) is 1. The lowest BCUT2D eigenvalue weighted by Gasteiger charge is -2.10. The normalized spacial score (nSPS) is 10.9. The first-order valence-electron chi connectivity index (χ1n) is 11.9. The van der Waals surface area contributed by atoms with Gasteiger partial charge in [-0.15, -0.1) is 11.3 Å². The lowest BCUT2D eigenvalue weighted by Crippen LogP contribution is -2.27. The molecule has 11 nitrogen and oxygen atoms in total. The largest absolute Gasteiger partial charge is 0.465 e. The standard InChI is InChI=1S/C27H19ClFN5O6S/c1-39-27(38)17-8-10-33(14-20(35)24-30-9-11-40-24)26(37)23(17)19-12-22(31-13-15-6-7-21(28)41-15)34(32-19)25(36)16-4-2-3-5-18(16)29/h2-12,31H,13-14H2,1H3. The van der Waals surface area contributed by atoms with Gasteiger partial charge in [-0.3, -0.25) is 14.4 Å². The van der Waals surface area contributed by atoms with Gasteiger partial charge in [-0.2, -0.15) is 9.78 Å². The molecule has 0 bridgehead atoms. The fourth-order valence-electron chi connectivity index (χ4n) is 3.97. The maximum Gasteiger partial charge on any atom is 0.338 e. The summed E-state index contributed by atoms with van der Waals surface area (Å²) in [6, 6.07) is 11.5. The summed E-state index contributed by atoms with van der Waals surface area (Å²) >= 11 is 7.34. The minimum atomic E-state index is -0.846. The third kappa shape index (κ3) is 5.71. The van der Waals surface area contributed by atoms with Crippen LogP contribution in [0.15, 0.2) is 76.4 Å². The summed E-state index contributed by atoms with van der Waals surface area (Å²) in [6.07, 6.45) is 3.76. The van der Waals surface area contributed by atoms with Gasteiger partial charge in [0.25, 0.3) is 17.4 Å². The Morgan fingerprint density at radius 2 is 1.95 bits per heavy atom. The number of anilines is 1. The fraction of sp³-hybridized carbons (Fsp3) is 0.111. The SMILES string of the molecule is COC(=O)c1ccn(CC(=O)c2ncco2)c(=O)c1-c1cc(NCc2ccc(Cl)s2)n(C(=O)c2ccccc2F)n1. The molecule has 0 aliphatic rings. The minimum Gasteiger partial charge on any atom is -0.465 e. The number of carbonyl (C=O) groups excluding carboxylic acids is 3. The zero-order valence-corrected chi connectivity index (χ0v) is 22.7. The highest BCUT2D eigenvalue weighted by molar-refractivity contribution is 7.16. The summed E-state index contributed by atoms with van der Waals surface area (Å²) in [5.41, 5.74) is -1.52. The zero-order valence-electron chi connectivity index (χ0n) is 21.2. The van der Waals surface area contributed by atoms with Crippen molar-refractivity contribution in [3.05, 3.63) is 110 Å². The summed E-state index contributed by atoms with van der Waals surface area (Å²) in [6.45, 7) is -0.229. The molecule has 5 rings (SSSR count). The predicted octanol–water partition coefficient (Wildman–Crippen LogP) is 4.52. The van der Waals surface area contributed by atoms with Gasteiger partial charge in [0.1, 0.15) is 23.6 Å². The van der Waals surface area contributed by atoms with E-state index in [0.29, 0.717) is 4.34 Å². The average molecular weight is 596 g/mol. The molecule has 0 atom stereocenters. The number of halogens is 2. The van der Waals surface area contributed by atoms with E-state index in [9.17, 15) is 23.6 Å². The van der Waals surface area contributed by atoms with Gasteiger partial charge in [0, 0.05) is 17.1 Å². The van der Waals surface area contributed by atoms with E-state index in [2.05, 4.69) is 15.4 Å². The highest BCUT2D eigenvalue weighted by Gasteiger charge is 2.26. The Balaban J connectivity index is 1.62. The molecule has 4 heterocycles. The molecule has 41 heavy (non-hydrogen) atoms. The molecule has 0 aliphatic carbocycles. The lowest BCUT2D eigenvalue weighted by atomic mass is 10.1. The van der Waals surface area contributed by atoms with E-state index in [4.69, 9.17) is 20.8 Å². The van der Waals surface area contributed by atoms with Crippen molar-refractivity contribution in [2.45, 2.75) is 13.1 Å². The number of Topliss-reactive ketones (excluding diaryl/α,β-unsaturated/α-hetero) is 1. The van der Waals surface area contributed by atoms with Crippen LogP contribution in [0.5, 0.6) is 0 Å². The van der Waals surface area contributed by atoms with Gasteiger partial charge in [0.05, 0.1) is 47.4 Å². The number of ketones is 1. The second-order valence-corrected chi connectivity index (χ2v) is 10.3. The third-order valence-electron chi connectivity index (χ3n) is 5.89. The number of carbonyl (C=O) groups is 3. The number of oxazole rings is 1. The number of nitrogens with one attached hydrogen (secondary N) is 1. The Morgan fingerprint density at radius 1 is 1.15 bits per heavy atom. The third-order valence-corrected chi connectivity index (χ3v) is 7.12. The monoisotopic (exact) mass is 595 g/mol. The molecule has 0 saturated carbocycles. The number of thiophene rings is 1. The van der Waals surface area contributed by atoms with Gasteiger partial charge in [-0.25, -0.2) is 14.2 Å². The molecule has 0 amide bonds. The van der Waals surface area contributed by atoms with E-state index in [1.54, 1.807) is 12.1 Å². The van der Waals surface area contributed by atoms with Crippen molar-refractivity contribution in [2.75, 3.05) is 12.4 Å². The summed E-state index contributed by atoms with van der Waals surface area (Å²) < 4.78 is 26.9. The van der Waals surface area contributed by atoms with Crippen LogP contribution in [0.4, 0.5) is 10.2 Å². The lowest BCUT2D eigenvalue weighted by molar-refractivity contribution is 0.0601. The number of esters is 1. The van der Waals surface area contributed by atoms with Crippen LogP contribution in [-0.4, -0.2) is 44.1 Å². The van der Waals surface area contributed by atoms with Crippen LogP contribution in [0.1, 0.15) is 36.3 Å². The van der Waals surface area contributed by atoms with Gasteiger partial charge >= 0.3 is 5.97 Å². The summed E-state index contributed by atoms with van der Waals surface area (Å²) in [4.78, 5) is 56.9. The van der Waals surface area contributed by atoms with Crippen LogP contribution in [0.2, 0.25) is 4.34 Å². The highest BCUT2D eigenvalue weighted by atomic mass is 35.5. The van der Waals surface area contributed by atoms with E-state index in [1.807, 2.05) is 0 Å². The number of methoxy groups -OCH3 is 1. The molecular weight excluding hydrogens is 577 g/mol. The zero-order chi connectivity index (χ0) is 29.1. The first-order chi connectivity index (χ1) is 19.8.